The lowest BCUT2D eigenvalue weighted by atomic mass is 10.0. The van der Waals surface area contributed by atoms with Crippen molar-refractivity contribution in [3.8, 4) is 0 Å². The summed E-state index contributed by atoms with van der Waals surface area (Å²) in [6, 6.07) is 13.5. The van der Waals surface area contributed by atoms with Gasteiger partial charge in [-0.25, -0.2) is 0 Å². The van der Waals surface area contributed by atoms with Crippen LogP contribution in [0.15, 0.2) is 47.8 Å². The number of aliphatic hydroxyl groups is 1. The number of nitrogens with one attached hydrogen (secondary N) is 2. The van der Waals surface area contributed by atoms with Gasteiger partial charge in [-0.1, -0.05) is 24.3 Å². The van der Waals surface area contributed by atoms with Crippen LogP contribution in [0.5, 0.6) is 0 Å². The number of amides is 2. The Morgan fingerprint density at radius 3 is 2.60 bits per heavy atom. The van der Waals surface area contributed by atoms with E-state index in [2.05, 4.69) is 10.6 Å². The van der Waals surface area contributed by atoms with E-state index >= 15 is 0 Å². The van der Waals surface area contributed by atoms with Crippen LogP contribution in [0.2, 0.25) is 0 Å². The summed E-state index contributed by atoms with van der Waals surface area (Å²) in [7, 11) is 0. The Kier molecular flexibility index (Phi) is 5.17. The molecule has 2 amide bonds. The molecule has 0 unspecified atom stereocenters. The molecule has 1 aromatic carbocycles. The molecule has 0 spiro atoms. The van der Waals surface area contributed by atoms with Crippen LogP contribution < -0.4 is 10.6 Å². The quantitative estimate of drug-likeness (QED) is 0.601. The van der Waals surface area contributed by atoms with Crippen molar-refractivity contribution in [3.05, 3.63) is 57.6 Å². The number of carbonyl (C=O) groups excluding carboxylic acids is 2. The van der Waals surface area contributed by atoms with Crippen molar-refractivity contribution in [3.63, 3.8) is 0 Å². The molecule has 0 saturated heterocycles. The van der Waals surface area contributed by atoms with Crippen molar-refractivity contribution >= 4 is 44.6 Å². The summed E-state index contributed by atoms with van der Waals surface area (Å²) < 4.78 is 1.07. The van der Waals surface area contributed by atoms with E-state index < -0.39 is 17.4 Å². The minimum atomic E-state index is -1.24. The van der Waals surface area contributed by atoms with Crippen LogP contribution in [0.3, 0.4) is 0 Å². The van der Waals surface area contributed by atoms with Crippen LogP contribution in [-0.4, -0.2) is 23.5 Å². The molecule has 0 aliphatic heterocycles. The molecular weight excluding hydrogens is 356 g/mol. The molecule has 0 bridgehead atoms. The van der Waals surface area contributed by atoms with Gasteiger partial charge in [0.1, 0.15) is 5.60 Å². The summed E-state index contributed by atoms with van der Waals surface area (Å²) in [5.41, 5.74) is -1.24. The molecule has 130 valence electrons. The maximum atomic E-state index is 11.9. The van der Waals surface area contributed by atoms with E-state index in [4.69, 9.17) is 0 Å². The molecular formula is C18H18N2O3S2. The topological polar surface area (TPSA) is 78.4 Å². The number of hydrogen-bond acceptors (Lipinski definition) is 5. The number of hydrogen-bond donors (Lipinski definition) is 3. The summed E-state index contributed by atoms with van der Waals surface area (Å²) in [5.74, 6) is -1.46. The monoisotopic (exact) mass is 374 g/mol. The normalized spacial score (nSPS) is 13.4. The fraction of sp³-hybridized carbons (Fsp3) is 0.222. The molecule has 0 radical (unpaired) electrons. The third kappa shape index (κ3) is 4.25. The maximum Gasteiger partial charge on any atom is 0.309 e. The van der Waals surface area contributed by atoms with Gasteiger partial charge in [0.15, 0.2) is 0 Å². The molecule has 2 aromatic heterocycles. The smallest absolute Gasteiger partial charge is 0.309 e. The van der Waals surface area contributed by atoms with Crippen molar-refractivity contribution in [1.82, 2.24) is 10.6 Å². The van der Waals surface area contributed by atoms with Gasteiger partial charge in [0, 0.05) is 14.5 Å². The highest BCUT2D eigenvalue weighted by Gasteiger charge is 2.27. The Labute approximate surface area is 153 Å². The van der Waals surface area contributed by atoms with Gasteiger partial charge >= 0.3 is 11.8 Å². The van der Waals surface area contributed by atoms with Crippen LogP contribution in [0.25, 0.3) is 10.1 Å². The first kappa shape index (κ1) is 17.6. The van der Waals surface area contributed by atoms with E-state index in [1.54, 1.807) is 6.92 Å². The first-order valence-electron chi connectivity index (χ1n) is 7.75. The standard InChI is InChI=1S/C18H18N2O3S2/c1-18(23,15-9-12-5-2-3-7-14(12)25-15)11-20-17(22)16(21)19-10-13-6-4-8-24-13/h2-9,23H,10-11H2,1H3,(H,19,21)(H,20,22)/t18-/m1/s1. The maximum absolute atomic E-state index is 11.9. The van der Waals surface area contributed by atoms with E-state index in [-0.39, 0.29) is 6.54 Å². The Morgan fingerprint density at radius 2 is 1.88 bits per heavy atom. The average Bonchev–Trinajstić information content (AvgIpc) is 3.26. The first-order chi connectivity index (χ1) is 12.0. The third-order valence-electron chi connectivity index (χ3n) is 3.76. The minimum Gasteiger partial charge on any atom is -0.383 e. The van der Waals surface area contributed by atoms with Crippen LogP contribution >= 0.6 is 22.7 Å². The first-order valence-corrected chi connectivity index (χ1v) is 9.45. The summed E-state index contributed by atoms with van der Waals surface area (Å²) in [6.45, 7) is 1.91. The zero-order valence-electron chi connectivity index (χ0n) is 13.6. The number of thiophene rings is 2. The minimum absolute atomic E-state index is 0.0366. The van der Waals surface area contributed by atoms with Gasteiger partial charge in [-0.05, 0) is 35.9 Å². The summed E-state index contributed by atoms with van der Waals surface area (Å²) >= 11 is 2.98. The molecule has 0 aliphatic carbocycles. The van der Waals surface area contributed by atoms with E-state index in [0.29, 0.717) is 6.54 Å². The van der Waals surface area contributed by atoms with Crippen molar-refractivity contribution < 1.29 is 14.7 Å². The highest BCUT2D eigenvalue weighted by Crippen LogP contribution is 2.32. The largest absolute Gasteiger partial charge is 0.383 e. The molecule has 5 nitrogen and oxygen atoms in total. The van der Waals surface area contributed by atoms with Crippen molar-refractivity contribution in [1.29, 1.82) is 0 Å². The Morgan fingerprint density at radius 1 is 1.12 bits per heavy atom. The predicted molar refractivity (Wildman–Crippen MR) is 101 cm³/mol. The fourth-order valence-corrected chi connectivity index (χ4v) is 4.08. The number of carbonyl (C=O) groups is 2. The number of rotatable bonds is 5. The van der Waals surface area contributed by atoms with E-state index in [1.165, 1.54) is 22.7 Å². The van der Waals surface area contributed by atoms with Gasteiger partial charge in [-0.3, -0.25) is 9.59 Å². The Hall–Kier alpha value is -2.22. The van der Waals surface area contributed by atoms with Crippen molar-refractivity contribution in [2.45, 2.75) is 19.1 Å². The lowest BCUT2D eigenvalue weighted by Gasteiger charge is -2.22. The predicted octanol–water partition coefficient (Wildman–Crippen LogP) is 2.60. The third-order valence-corrected chi connectivity index (χ3v) is 6.00. The fourth-order valence-electron chi connectivity index (χ4n) is 2.33. The lowest BCUT2D eigenvalue weighted by molar-refractivity contribution is -0.139. The van der Waals surface area contributed by atoms with Crippen LogP contribution in [0.4, 0.5) is 0 Å². The van der Waals surface area contributed by atoms with Gasteiger partial charge in [0.2, 0.25) is 0 Å². The van der Waals surface area contributed by atoms with Crippen molar-refractivity contribution in [2.75, 3.05) is 6.54 Å². The molecule has 1 atom stereocenters. The molecule has 3 rings (SSSR count). The average molecular weight is 374 g/mol. The summed E-state index contributed by atoms with van der Waals surface area (Å²) in [4.78, 5) is 25.5. The second-order valence-electron chi connectivity index (χ2n) is 5.87. The van der Waals surface area contributed by atoms with Gasteiger partial charge in [0.25, 0.3) is 0 Å². The van der Waals surface area contributed by atoms with Crippen LogP contribution in [-0.2, 0) is 21.7 Å². The zero-order valence-corrected chi connectivity index (χ0v) is 15.2. The van der Waals surface area contributed by atoms with Gasteiger partial charge < -0.3 is 15.7 Å². The highest BCUT2D eigenvalue weighted by atomic mass is 32.1. The lowest BCUT2D eigenvalue weighted by Crippen LogP contribution is -2.44. The van der Waals surface area contributed by atoms with E-state index in [9.17, 15) is 14.7 Å². The summed E-state index contributed by atoms with van der Waals surface area (Å²) in [5, 5.41) is 18.7. The molecule has 0 aliphatic rings. The second-order valence-corrected chi connectivity index (χ2v) is 7.98. The van der Waals surface area contributed by atoms with Crippen LogP contribution in [0.1, 0.15) is 16.7 Å². The SMILES string of the molecule is C[C@@](O)(CNC(=O)C(=O)NCc1cccs1)c1cc2ccccc2s1. The molecule has 7 heteroatoms. The molecule has 0 saturated carbocycles. The summed E-state index contributed by atoms with van der Waals surface area (Å²) in [6.07, 6.45) is 0. The van der Waals surface area contributed by atoms with Gasteiger partial charge in [-0.15, -0.1) is 22.7 Å². The van der Waals surface area contributed by atoms with E-state index in [1.807, 2.05) is 47.8 Å². The Balaban J connectivity index is 1.57. The molecule has 2 heterocycles. The molecule has 3 aromatic rings. The molecule has 0 fully saturated rings. The highest BCUT2D eigenvalue weighted by molar-refractivity contribution is 7.19. The number of benzene rings is 1. The zero-order chi connectivity index (χ0) is 17.9. The second kappa shape index (κ2) is 7.35. The van der Waals surface area contributed by atoms with Gasteiger partial charge in [-0.2, -0.15) is 0 Å². The van der Waals surface area contributed by atoms with Crippen LogP contribution in [0, 0.1) is 0 Å². The molecule has 3 N–H and O–H groups in total. The van der Waals surface area contributed by atoms with Gasteiger partial charge in [0.05, 0.1) is 13.1 Å². The molecule has 25 heavy (non-hydrogen) atoms. The number of fused-ring (bicyclic) bond motifs is 1. The van der Waals surface area contributed by atoms with E-state index in [0.717, 1.165) is 19.8 Å². The van der Waals surface area contributed by atoms with Crippen molar-refractivity contribution in [2.24, 2.45) is 0 Å². The Bertz CT molecular complexity index is 852.